The van der Waals surface area contributed by atoms with Crippen LogP contribution >= 0.6 is 11.6 Å². The second-order valence-corrected chi connectivity index (χ2v) is 10.2. The van der Waals surface area contributed by atoms with Gasteiger partial charge in [-0.25, -0.2) is 13.1 Å². The van der Waals surface area contributed by atoms with Crippen LogP contribution in [0.5, 0.6) is 5.75 Å². The molecule has 0 atom stereocenters. The van der Waals surface area contributed by atoms with Gasteiger partial charge in [-0.3, -0.25) is 4.79 Å². The van der Waals surface area contributed by atoms with Gasteiger partial charge in [0.2, 0.25) is 10.0 Å². The van der Waals surface area contributed by atoms with Crippen LogP contribution in [0.3, 0.4) is 0 Å². The van der Waals surface area contributed by atoms with E-state index in [4.69, 9.17) is 25.8 Å². The molecule has 0 aromatic heterocycles. The van der Waals surface area contributed by atoms with E-state index in [0.717, 1.165) is 18.4 Å². The lowest BCUT2D eigenvalue weighted by Gasteiger charge is -2.34. The Hall–Kier alpha value is -2.17. The van der Waals surface area contributed by atoms with Gasteiger partial charge < -0.3 is 19.1 Å². The highest BCUT2D eigenvalue weighted by molar-refractivity contribution is 7.89. The number of hydrogen-bond acceptors (Lipinski definition) is 6. The van der Waals surface area contributed by atoms with Gasteiger partial charge in [-0.05, 0) is 48.7 Å². The Labute approximate surface area is 198 Å². The summed E-state index contributed by atoms with van der Waals surface area (Å²) in [6.07, 6.45) is 1.37. The molecule has 2 heterocycles. The van der Waals surface area contributed by atoms with Crippen molar-refractivity contribution in [2.24, 2.45) is 5.92 Å². The molecule has 0 saturated carbocycles. The maximum absolute atomic E-state index is 13.1. The summed E-state index contributed by atoms with van der Waals surface area (Å²) in [7, 11) is -2.53. The normalized spacial score (nSPS) is 17.9. The van der Waals surface area contributed by atoms with Crippen molar-refractivity contribution < 1.29 is 27.4 Å². The smallest absolute Gasteiger partial charge is 0.253 e. The van der Waals surface area contributed by atoms with E-state index in [1.807, 2.05) is 0 Å². The Bertz CT molecular complexity index is 1080. The first-order valence-electron chi connectivity index (χ1n) is 10.8. The molecule has 10 heteroatoms. The average molecular weight is 495 g/mol. The number of nitrogens with zero attached hydrogens (tertiary/aromatic N) is 1. The number of sulfonamides is 1. The largest absolute Gasteiger partial charge is 0.495 e. The highest BCUT2D eigenvalue weighted by atomic mass is 35.5. The summed E-state index contributed by atoms with van der Waals surface area (Å²) >= 11 is 5.89. The van der Waals surface area contributed by atoms with Gasteiger partial charge in [-0.15, -0.1) is 0 Å². The summed E-state index contributed by atoms with van der Waals surface area (Å²) in [5, 5.41) is 0.571. The maximum Gasteiger partial charge on any atom is 0.253 e. The minimum atomic E-state index is -3.93. The van der Waals surface area contributed by atoms with E-state index in [1.165, 1.54) is 19.2 Å². The van der Waals surface area contributed by atoms with E-state index in [0.29, 0.717) is 36.9 Å². The topological polar surface area (TPSA) is 94.2 Å². The first kappa shape index (κ1) is 24.0. The maximum atomic E-state index is 13.1. The fraction of sp³-hybridized carbons (Fsp3) is 0.435. The van der Waals surface area contributed by atoms with E-state index in [-0.39, 0.29) is 35.3 Å². The molecule has 1 N–H and O–H groups in total. The van der Waals surface area contributed by atoms with Crippen LogP contribution in [0.15, 0.2) is 47.4 Å². The number of hydrogen-bond donors (Lipinski definition) is 1. The van der Waals surface area contributed by atoms with Crippen molar-refractivity contribution in [2.45, 2.75) is 30.6 Å². The summed E-state index contributed by atoms with van der Waals surface area (Å²) < 4.78 is 45.1. The van der Waals surface area contributed by atoms with Crippen LogP contribution < -0.4 is 9.46 Å². The number of likely N-dealkylation sites (tertiary alicyclic amines) is 1. The standard InChI is InChI=1S/C23H27ClN2O6S/c1-30-20-7-4-18(22(27)26-10-8-17(9-11-26)23-31-12-13-32-23)14-21(20)33(28,29)25-15-16-2-5-19(24)6-3-16/h2-7,14,17,23,25H,8-13,15H2,1H3. The summed E-state index contributed by atoms with van der Waals surface area (Å²) in [5.74, 6) is 0.225. The predicted octanol–water partition coefficient (Wildman–Crippen LogP) is 3.05. The lowest BCUT2D eigenvalue weighted by atomic mass is 9.95. The summed E-state index contributed by atoms with van der Waals surface area (Å²) in [6, 6.07) is 11.4. The Balaban J connectivity index is 1.46. The lowest BCUT2D eigenvalue weighted by Crippen LogP contribution is -2.41. The van der Waals surface area contributed by atoms with Crippen molar-refractivity contribution in [2.75, 3.05) is 33.4 Å². The molecule has 0 aliphatic carbocycles. The molecule has 2 aromatic rings. The molecule has 2 aliphatic rings. The highest BCUT2D eigenvalue weighted by Crippen LogP contribution is 2.29. The van der Waals surface area contributed by atoms with Crippen molar-refractivity contribution in [3.63, 3.8) is 0 Å². The van der Waals surface area contributed by atoms with Gasteiger partial charge in [0.25, 0.3) is 5.91 Å². The fourth-order valence-corrected chi connectivity index (χ4v) is 5.42. The van der Waals surface area contributed by atoms with Gasteiger partial charge in [0.15, 0.2) is 6.29 Å². The molecule has 0 bridgehead atoms. The average Bonchev–Trinajstić information content (AvgIpc) is 3.38. The van der Waals surface area contributed by atoms with Crippen molar-refractivity contribution >= 4 is 27.5 Å². The molecule has 8 nitrogen and oxygen atoms in total. The number of amides is 1. The Morgan fingerprint density at radius 2 is 1.79 bits per heavy atom. The van der Waals surface area contributed by atoms with Gasteiger partial charge in [-0.2, -0.15) is 0 Å². The highest BCUT2D eigenvalue weighted by Gasteiger charge is 2.32. The molecule has 1 amide bonds. The van der Waals surface area contributed by atoms with Crippen molar-refractivity contribution in [1.29, 1.82) is 0 Å². The number of halogens is 1. The zero-order valence-electron chi connectivity index (χ0n) is 18.3. The first-order chi connectivity index (χ1) is 15.9. The molecule has 2 aromatic carbocycles. The molecule has 4 rings (SSSR count). The molecule has 0 radical (unpaired) electrons. The van der Waals surface area contributed by atoms with E-state index in [1.54, 1.807) is 35.2 Å². The third-order valence-corrected chi connectivity index (χ3v) is 7.61. The minimum Gasteiger partial charge on any atom is -0.495 e. The molecule has 0 spiro atoms. The molecule has 178 valence electrons. The number of methoxy groups -OCH3 is 1. The number of carbonyl (C=O) groups is 1. The van der Waals surface area contributed by atoms with E-state index < -0.39 is 10.0 Å². The molecular formula is C23H27ClN2O6S. The number of ether oxygens (including phenoxy) is 3. The van der Waals surface area contributed by atoms with Gasteiger partial charge >= 0.3 is 0 Å². The number of nitrogens with one attached hydrogen (secondary N) is 1. The molecule has 0 unspecified atom stereocenters. The number of carbonyl (C=O) groups excluding carboxylic acids is 1. The van der Waals surface area contributed by atoms with Crippen molar-refractivity contribution in [1.82, 2.24) is 9.62 Å². The van der Waals surface area contributed by atoms with Crippen LogP contribution in [0.25, 0.3) is 0 Å². The SMILES string of the molecule is COc1ccc(C(=O)N2CCC(C3OCCO3)CC2)cc1S(=O)(=O)NCc1ccc(Cl)cc1. The van der Waals surface area contributed by atoms with E-state index in [2.05, 4.69) is 4.72 Å². The van der Waals surface area contributed by atoms with Gasteiger partial charge in [0, 0.05) is 36.1 Å². The second kappa shape index (κ2) is 10.4. The molecule has 2 fully saturated rings. The second-order valence-electron chi connectivity index (χ2n) is 8.06. The van der Waals surface area contributed by atoms with Crippen LogP contribution in [-0.2, 0) is 26.0 Å². The molecular weight excluding hydrogens is 468 g/mol. The quantitative estimate of drug-likeness (QED) is 0.635. The van der Waals surface area contributed by atoms with Crippen LogP contribution in [0.1, 0.15) is 28.8 Å². The number of piperidine rings is 1. The zero-order valence-corrected chi connectivity index (χ0v) is 19.9. The van der Waals surface area contributed by atoms with Gasteiger partial charge in [0.1, 0.15) is 10.6 Å². The minimum absolute atomic E-state index is 0.0764. The number of benzene rings is 2. The fourth-order valence-electron chi connectivity index (χ4n) is 4.08. The third-order valence-electron chi connectivity index (χ3n) is 5.94. The lowest BCUT2D eigenvalue weighted by molar-refractivity contribution is -0.0956. The summed E-state index contributed by atoms with van der Waals surface area (Å²) in [4.78, 5) is 14.8. The third kappa shape index (κ3) is 5.67. The van der Waals surface area contributed by atoms with E-state index >= 15 is 0 Å². The van der Waals surface area contributed by atoms with E-state index in [9.17, 15) is 13.2 Å². The van der Waals surface area contributed by atoms with Crippen molar-refractivity contribution in [3.8, 4) is 5.75 Å². The summed E-state index contributed by atoms with van der Waals surface area (Å²) in [6.45, 7) is 2.43. The molecule has 2 saturated heterocycles. The molecule has 33 heavy (non-hydrogen) atoms. The van der Waals surface area contributed by atoms with Crippen LogP contribution in [0, 0.1) is 5.92 Å². The zero-order chi connectivity index (χ0) is 23.4. The Morgan fingerprint density at radius 3 is 2.42 bits per heavy atom. The monoisotopic (exact) mass is 494 g/mol. The predicted molar refractivity (Wildman–Crippen MR) is 123 cm³/mol. The first-order valence-corrected chi connectivity index (χ1v) is 12.7. The Kier molecular flexibility index (Phi) is 7.55. The van der Waals surface area contributed by atoms with Crippen LogP contribution in [-0.4, -0.2) is 58.9 Å². The summed E-state index contributed by atoms with van der Waals surface area (Å²) in [5.41, 5.74) is 1.06. The van der Waals surface area contributed by atoms with Crippen molar-refractivity contribution in [3.05, 3.63) is 58.6 Å². The number of rotatable bonds is 7. The molecule has 2 aliphatic heterocycles. The van der Waals surface area contributed by atoms with Crippen LogP contribution in [0.4, 0.5) is 0 Å². The Morgan fingerprint density at radius 1 is 1.12 bits per heavy atom. The van der Waals surface area contributed by atoms with Gasteiger partial charge in [0.05, 0.1) is 20.3 Å². The van der Waals surface area contributed by atoms with Crippen LogP contribution in [0.2, 0.25) is 5.02 Å². The van der Waals surface area contributed by atoms with Gasteiger partial charge in [-0.1, -0.05) is 23.7 Å².